The Hall–Kier alpha value is -2.53. The highest BCUT2D eigenvalue weighted by Crippen LogP contribution is 2.38. The molecular weight excluding hydrogens is 364 g/mol. The van der Waals surface area contributed by atoms with E-state index in [-0.39, 0.29) is 0 Å². The standard InChI is InChI=1S/C23H26N4S/c1-6-18(7-2)27-13-15(4)20-23(27)25-16(5)21(26-20)22-14(3)11-19(28-22)17-9-8-10-24-12-17/h8-13,18H,6-7H2,1-5H3. The highest BCUT2D eigenvalue weighted by atomic mass is 32.1. The lowest BCUT2D eigenvalue weighted by atomic mass is 10.1. The first kappa shape index (κ1) is 18.8. The van der Waals surface area contributed by atoms with Gasteiger partial charge in [0.05, 0.1) is 10.6 Å². The zero-order valence-electron chi connectivity index (χ0n) is 17.2. The second kappa shape index (κ2) is 7.47. The van der Waals surface area contributed by atoms with Crippen molar-refractivity contribution in [2.75, 3.05) is 0 Å². The largest absolute Gasteiger partial charge is 0.328 e. The first-order valence-electron chi connectivity index (χ1n) is 9.90. The molecule has 0 aliphatic carbocycles. The Bertz CT molecular complexity index is 1120. The molecule has 0 bridgehead atoms. The molecule has 5 heteroatoms. The predicted octanol–water partition coefficient (Wildman–Crippen LogP) is 6.51. The molecule has 0 N–H and O–H groups in total. The Balaban J connectivity index is 1.86. The van der Waals surface area contributed by atoms with Gasteiger partial charge in [0, 0.05) is 35.1 Å². The molecule has 0 fully saturated rings. The van der Waals surface area contributed by atoms with Gasteiger partial charge in [0.1, 0.15) is 11.2 Å². The summed E-state index contributed by atoms with van der Waals surface area (Å²) < 4.78 is 2.32. The average molecular weight is 391 g/mol. The van der Waals surface area contributed by atoms with Crippen LogP contribution in [0, 0.1) is 20.8 Å². The number of pyridine rings is 1. The van der Waals surface area contributed by atoms with Gasteiger partial charge in [0.2, 0.25) is 0 Å². The lowest BCUT2D eigenvalue weighted by Crippen LogP contribution is -2.07. The molecule has 0 atom stereocenters. The fraction of sp³-hybridized carbons (Fsp3) is 0.348. The molecule has 0 amide bonds. The second-order valence-electron chi connectivity index (χ2n) is 7.38. The maximum Gasteiger partial charge on any atom is 0.159 e. The molecule has 0 saturated carbocycles. The summed E-state index contributed by atoms with van der Waals surface area (Å²) in [5.41, 5.74) is 7.58. The summed E-state index contributed by atoms with van der Waals surface area (Å²) in [7, 11) is 0. The molecule has 0 aliphatic heterocycles. The molecule has 0 radical (unpaired) electrons. The van der Waals surface area contributed by atoms with Crippen molar-refractivity contribution >= 4 is 22.5 Å². The summed E-state index contributed by atoms with van der Waals surface area (Å²) in [6, 6.07) is 6.77. The third-order valence-electron chi connectivity index (χ3n) is 5.42. The number of rotatable bonds is 5. The first-order chi connectivity index (χ1) is 13.5. The number of fused-ring (bicyclic) bond motifs is 1. The highest BCUT2D eigenvalue weighted by Gasteiger charge is 2.19. The Labute approximate surface area is 170 Å². The van der Waals surface area contributed by atoms with Crippen molar-refractivity contribution in [2.45, 2.75) is 53.5 Å². The first-order valence-corrected chi connectivity index (χ1v) is 10.7. The van der Waals surface area contributed by atoms with Crippen molar-refractivity contribution in [1.29, 1.82) is 0 Å². The number of nitrogens with zero attached hydrogens (tertiary/aromatic N) is 4. The van der Waals surface area contributed by atoms with Crippen molar-refractivity contribution in [3.8, 4) is 21.0 Å². The van der Waals surface area contributed by atoms with E-state index in [2.05, 4.69) is 62.5 Å². The van der Waals surface area contributed by atoms with Crippen molar-refractivity contribution in [3.05, 3.63) is 53.6 Å². The number of thiophene rings is 1. The molecule has 4 aromatic rings. The lowest BCUT2D eigenvalue weighted by molar-refractivity contribution is 0.482. The van der Waals surface area contributed by atoms with Gasteiger partial charge in [-0.3, -0.25) is 4.98 Å². The number of hydrogen-bond donors (Lipinski definition) is 0. The molecule has 0 unspecified atom stereocenters. The third-order valence-corrected chi connectivity index (χ3v) is 6.71. The quantitative estimate of drug-likeness (QED) is 0.390. The molecule has 28 heavy (non-hydrogen) atoms. The van der Waals surface area contributed by atoms with E-state index in [0.29, 0.717) is 6.04 Å². The minimum absolute atomic E-state index is 0.469. The Morgan fingerprint density at radius 1 is 1.07 bits per heavy atom. The maximum atomic E-state index is 5.10. The van der Waals surface area contributed by atoms with Crippen molar-refractivity contribution in [3.63, 3.8) is 0 Å². The van der Waals surface area contributed by atoms with Crippen LogP contribution in [0.15, 0.2) is 36.8 Å². The normalized spacial score (nSPS) is 11.6. The summed E-state index contributed by atoms with van der Waals surface area (Å²) in [6.45, 7) is 10.8. The summed E-state index contributed by atoms with van der Waals surface area (Å²) in [6.07, 6.45) is 8.13. The van der Waals surface area contributed by atoms with Gasteiger partial charge in [0.15, 0.2) is 5.65 Å². The van der Waals surface area contributed by atoms with Crippen LogP contribution in [0.1, 0.15) is 49.6 Å². The monoisotopic (exact) mass is 390 g/mol. The van der Waals surface area contributed by atoms with Gasteiger partial charge in [-0.05, 0) is 56.9 Å². The molecule has 0 spiro atoms. The van der Waals surface area contributed by atoms with Gasteiger partial charge in [0.25, 0.3) is 0 Å². The molecule has 0 aromatic carbocycles. The molecule has 4 aromatic heterocycles. The third kappa shape index (κ3) is 3.14. The van der Waals surface area contributed by atoms with Crippen LogP contribution in [0.4, 0.5) is 0 Å². The van der Waals surface area contributed by atoms with E-state index in [1.165, 1.54) is 20.9 Å². The lowest BCUT2D eigenvalue weighted by Gasteiger charge is -2.16. The predicted molar refractivity (Wildman–Crippen MR) is 118 cm³/mol. The van der Waals surface area contributed by atoms with Crippen molar-refractivity contribution < 1.29 is 0 Å². The second-order valence-corrected chi connectivity index (χ2v) is 8.44. The van der Waals surface area contributed by atoms with E-state index in [9.17, 15) is 0 Å². The van der Waals surface area contributed by atoms with E-state index in [1.807, 2.05) is 18.5 Å². The van der Waals surface area contributed by atoms with Gasteiger partial charge >= 0.3 is 0 Å². The van der Waals surface area contributed by atoms with Crippen LogP contribution in [0.5, 0.6) is 0 Å². The summed E-state index contributed by atoms with van der Waals surface area (Å²) >= 11 is 1.77. The fourth-order valence-electron chi connectivity index (χ4n) is 3.83. The van der Waals surface area contributed by atoms with Crippen LogP contribution in [0.3, 0.4) is 0 Å². The maximum absolute atomic E-state index is 5.10. The summed E-state index contributed by atoms with van der Waals surface area (Å²) in [5, 5.41) is 0. The Kier molecular flexibility index (Phi) is 5.02. The zero-order chi connectivity index (χ0) is 19.8. The van der Waals surface area contributed by atoms with Crippen LogP contribution in [0.2, 0.25) is 0 Å². The molecule has 4 nitrogen and oxygen atoms in total. The molecule has 4 rings (SSSR count). The van der Waals surface area contributed by atoms with Crippen molar-refractivity contribution in [1.82, 2.24) is 19.5 Å². The van der Waals surface area contributed by atoms with Crippen LogP contribution in [0.25, 0.3) is 32.2 Å². The number of hydrogen-bond acceptors (Lipinski definition) is 4. The van der Waals surface area contributed by atoms with Crippen molar-refractivity contribution in [2.24, 2.45) is 0 Å². The molecule has 4 heterocycles. The van der Waals surface area contributed by atoms with Gasteiger partial charge in [-0.1, -0.05) is 19.9 Å². The SMILES string of the molecule is CCC(CC)n1cc(C)c2nc(-c3sc(-c4cccnc4)cc3C)c(C)nc21. The molecule has 144 valence electrons. The molecule has 0 saturated heterocycles. The van der Waals surface area contributed by atoms with Gasteiger partial charge in [-0.25, -0.2) is 9.97 Å². The smallest absolute Gasteiger partial charge is 0.159 e. The topological polar surface area (TPSA) is 43.6 Å². The minimum Gasteiger partial charge on any atom is -0.328 e. The van der Waals surface area contributed by atoms with E-state index in [0.717, 1.165) is 41.0 Å². The number of aryl methyl sites for hydroxylation is 3. The Morgan fingerprint density at radius 2 is 1.86 bits per heavy atom. The van der Waals surface area contributed by atoms with Crippen LogP contribution >= 0.6 is 11.3 Å². The van der Waals surface area contributed by atoms with Gasteiger partial charge in [-0.15, -0.1) is 11.3 Å². The highest BCUT2D eigenvalue weighted by molar-refractivity contribution is 7.19. The van der Waals surface area contributed by atoms with Crippen LogP contribution in [-0.4, -0.2) is 19.5 Å². The van der Waals surface area contributed by atoms with E-state index in [1.54, 1.807) is 11.3 Å². The molecule has 0 aliphatic rings. The zero-order valence-corrected chi connectivity index (χ0v) is 18.0. The van der Waals surface area contributed by atoms with Crippen LogP contribution < -0.4 is 0 Å². The van der Waals surface area contributed by atoms with E-state index in [4.69, 9.17) is 9.97 Å². The summed E-state index contributed by atoms with van der Waals surface area (Å²) in [5.74, 6) is 0. The fourth-order valence-corrected chi connectivity index (χ4v) is 5.03. The van der Waals surface area contributed by atoms with E-state index < -0.39 is 0 Å². The van der Waals surface area contributed by atoms with Gasteiger partial charge < -0.3 is 4.57 Å². The number of aromatic nitrogens is 4. The van der Waals surface area contributed by atoms with Gasteiger partial charge in [-0.2, -0.15) is 0 Å². The minimum atomic E-state index is 0.469. The molecular formula is C23H26N4S. The summed E-state index contributed by atoms with van der Waals surface area (Å²) in [4.78, 5) is 16.8. The van der Waals surface area contributed by atoms with E-state index >= 15 is 0 Å². The average Bonchev–Trinajstić information content (AvgIpc) is 3.23. The Morgan fingerprint density at radius 3 is 2.54 bits per heavy atom. The van der Waals surface area contributed by atoms with Crippen LogP contribution in [-0.2, 0) is 0 Å².